The second-order valence-electron chi connectivity index (χ2n) is 34.8. The van der Waals surface area contributed by atoms with Crippen molar-refractivity contribution in [3.8, 4) is 0 Å². The normalized spacial score (nSPS) is 27.1. The summed E-state index contributed by atoms with van der Waals surface area (Å²) < 4.78 is 0. The van der Waals surface area contributed by atoms with Crippen LogP contribution in [0.3, 0.4) is 0 Å². The van der Waals surface area contributed by atoms with E-state index >= 15 is 0 Å². The molecule has 95 heavy (non-hydrogen) atoms. The van der Waals surface area contributed by atoms with Crippen LogP contribution in [0.15, 0.2) is 16.7 Å². The third-order valence-electron chi connectivity index (χ3n) is 28.0. The zero-order valence-electron chi connectivity index (χ0n) is 63.0. The van der Waals surface area contributed by atoms with Gasteiger partial charge in [0.15, 0.2) is 0 Å². The summed E-state index contributed by atoms with van der Waals surface area (Å²) in [5.41, 5.74) is 4.39. The van der Waals surface area contributed by atoms with E-state index in [0.29, 0.717) is 72.5 Å². The first-order valence-corrected chi connectivity index (χ1v) is 42.9. The summed E-state index contributed by atoms with van der Waals surface area (Å²) in [5, 5.41) is 43.1. The molecule has 10 heteroatoms. The van der Waals surface area contributed by atoms with E-state index in [9.17, 15) is 15.3 Å². The van der Waals surface area contributed by atoms with E-state index in [1.807, 2.05) is 0 Å². The molecule has 0 aliphatic heterocycles. The molecule has 12 fully saturated rings. The monoisotopic (exact) mass is 1350 g/mol. The first-order chi connectivity index (χ1) is 46.0. The molecule has 0 saturated heterocycles. The zero-order chi connectivity index (χ0) is 65.5. The van der Waals surface area contributed by atoms with Gasteiger partial charge in [0.05, 0.1) is 0 Å². The van der Waals surface area contributed by atoms with Crippen LogP contribution in [0.1, 0.15) is 420 Å². The molecule has 0 amide bonds. The van der Waals surface area contributed by atoms with Crippen LogP contribution in [0.4, 0.5) is 0 Å². The van der Waals surface area contributed by atoms with Crippen molar-refractivity contribution in [3.63, 3.8) is 0 Å². The maximum absolute atomic E-state index is 14.4. The van der Waals surface area contributed by atoms with Crippen LogP contribution in [-0.4, -0.2) is 121 Å². The number of hydrogen-bond donors (Lipinski definition) is 0. The second kappa shape index (κ2) is 42.0. The summed E-state index contributed by atoms with van der Waals surface area (Å²) in [6.45, 7) is 10.9. The molecule has 13 aliphatic carbocycles. The van der Waals surface area contributed by atoms with Crippen molar-refractivity contribution >= 4 is 0 Å². The first-order valence-electron chi connectivity index (χ1n) is 42.9. The molecule has 0 unspecified atom stereocenters. The molecule has 13 aliphatic rings. The summed E-state index contributed by atoms with van der Waals surface area (Å²) in [7, 11) is 0. The van der Waals surface area contributed by atoms with Gasteiger partial charge in [-0.3, -0.25) is 35.5 Å². The van der Waals surface area contributed by atoms with E-state index in [1.165, 1.54) is 402 Å². The molecule has 0 spiro atoms. The topological polar surface area (TPSA) is 88.6 Å². The first kappa shape index (κ1) is 79.0. The molecule has 0 N–H and O–H groups in total. The minimum absolute atomic E-state index is 0. The van der Waals surface area contributed by atoms with Crippen molar-refractivity contribution in [1.82, 2.24) is 29.4 Å². The average Bonchev–Trinajstić information content (AvgIpc) is 1.60. The van der Waals surface area contributed by atoms with Gasteiger partial charge in [-0.05, 0) is 173 Å². The molecule has 12 saturated carbocycles. The molecule has 9 nitrogen and oxygen atoms in total. The maximum atomic E-state index is 14.4. The Hall–Kier alpha value is -0.166. The van der Waals surface area contributed by atoms with Crippen molar-refractivity contribution in [2.24, 2.45) is 5.41 Å². The van der Waals surface area contributed by atoms with Crippen LogP contribution in [0.5, 0.6) is 0 Å². The van der Waals surface area contributed by atoms with E-state index < -0.39 is 19.1 Å². The maximum Gasteiger partial charge on any atom is 4.00 e. The average molecular weight is 1350 g/mol. The molecule has 0 atom stereocenters. The number of allylic oxidation sites excluding steroid dienone is 4. The van der Waals surface area contributed by atoms with E-state index in [-0.39, 0.29) is 27.1 Å². The van der Waals surface area contributed by atoms with Crippen molar-refractivity contribution in [2.75, 3.05) is 0 Å². The Labute approximate surface area is 602 Å². The van der Waals surface area contributed by atoms with Gasteiger partial charge in [-0.15, -0.1) is 6.92 Å². The largest absolute Gasteiger partial charge is 4.00 e. The summed E-state index contributed by atoms with van der Waals surface area (Å²) in [6.07, 6.45) is 81.1. The van der Waals surface area contributed by atoms with Gasteiger partial charge >= 0.3 is 21.7 Å². The SMILES string of the molecule is CC1=[C-]C(C)(C)C(C)=C1C.[O-]C(N(C1CCCCC1)C1CCCCC1)N(C1CCCCC1)C1CCCCC1.[O-]C(N(C1CCCCC1)C1CCCCC1)N(C1CCCCC1)C1CCCCC1.[O-]C(N(C1CCCCC1)C1CCCCC1)N(C1CCCCC1)C1CCCCC1.[Ti+4]. The molecule has 0 aromatic rings. The Bertz CT molecular complexity index is 1680. The Balaban J connectivity index is 0.000000155. The smallest absolute Gasteiger partial charge is 0.829 e. The van der Waals surface area contributed by atoms with Gasteiger partial charge in [-0.2, -0.15) is 11.1 Å². The third-order valence-corrected chi connectivity index (χ3v) is 28.0. The molecular weight excluding hydrogens is 1200 g/mol. The Morgan fingerprint density at radius 3 is 0.432 bits per heavy atom. The van der Waals surface area contributed by atoms with Gasteiger partial charge in [-0.25, -0.2) is 5.57 Å². The number of nitrogens with zero attached hydrogens (tertiary/aromatic N) is 6. The van der Waals surface area contributed by atoms with Gasteiger partial charge in [-0.1, -0.05) is 264 Å². The van der Waals surface area contributed by atoms with E-state index in [0.717, 1.165) is 0 Å². The standard InChI is InChI=1S/3C25H45N2O.C10H15.Ti/c3*28-25(26(21-13-5-1-6-14-21)22-15-7-2-8-16-22)27(23-17-9-3-10-18-23)24-19-11-4-12-20-24;1-7-6-10(4,5)9(3)8(7)2;/h3*21-25H,1-20H2;1-5H3;/q4*-1;+4. The van der Waals surface area contributed by atoms with Gasteiger partial charge in [0.1, 0.15) is 0 Å². The summed E-state index contributed by atoms with van der Waals surface area (Å²) in [5.74, 6) is 0. The predicted molar refractivity (Wildman–Crippen MR) is 389 cm³/mol. The third kappa shape index (κ3) is 22.7. The zero-order valence-corrected chi connectivity index (χ0v) is 64.6. The number of hydrogen-bond acceptors (Lipinski definition) is 9. The Morgan fingerprint density at radius 2 is 0.358 bits per heavy atom. The van der Waals surface area contributed by atoms with E-state index in [1.54, 1.807) is 0 Å². The van der Waals surface area contributed by atoms with Gasteiger partial charge in [0, 0.05) is 72.5 Å². The minimum Gasteiger partial charge on any atom is -0.829 e. The molecule has 0 radical (unpaired) electrons. The molecule has 542 valence electrons. The van der Waals surface area contributed by atoms with Crippen molar-refractivity contribution in [3.05, 3.63) is 22.8 Å². The molecule has 0 aromatic heterocycles. The van der Waals surface area contributed by atoms with Crippen LogP contribution >= 0.6 is 0 Å². The summed E-state index contributed by atoms with van der Waals surface area (Å²) in [6, 6.07) is 6.77. The van der Waals surface area contributed by atoms with Crippen LogP contribution in [-0.2, 0) is 21.7 Å². The summed E-state index contributed by atoms with van der Waals surface area (Å²) >= 11 is 0. The van der Waals surface area contributed by atoms with Crippen LogP contribution in [0.2, 0.25) is 0 Å². The van der Waals surface area contributed by atoms with E-state index in [4.69, 9.17) is 0 Å². The van der Waals surface area contributed by atoms with Crippen LogP contribution in [0, 0.1) is 11.5 Å². The van der Waals surface area contributed by atoms with Crippen LogP contribution in [0.25, 0.3) is 0 Å². The van der Waals surface area contributed by atoms with E-state index in [2.05, 4.69) is 70.1 Å². The van der Waals surface area contributed by atoms with Crippen molar-refractivity contribution < 1.29 is 37.0 Å². The molecule has 0 heterocycles. The van der Waals surface area contributed by atoms with Gasteiger partial charge < -0.3 is 15.3 Å². The fourth-order valence-electron chi connectivity index (χ4n) is 22.4. The predicted octanol–water partition coefficient (Wildman–Crippen LogP) is 19.8. The minimum atomic E-state index is -0.572. The van der Waals surface area contributed by atoms with Crippen molar-refractivity contribution in [1.29, 1.82) is 0 Å². The van der Waals surface area contributed by atoms with Gasteiger partial charge in [0.25, 0.3) is 0 Å². The molecule has 0 bridgehead atoms. The molecule has 0 aromatic carbocycles. The molecule has 13 rings (SSSR count). The summed E-state index contributed by atoms with van der Waals surface area (Å²) in [4.78, 5) is 15.4. The van der Waals surface area contributed by atoms with Crippen molar-refractivity contribution in [2.45, 2.75) is 511 Å². The molecular formula is C85H150N6O3Ti. The fraction of sp³-hybridized carbons (Fsp3) is 0.953. The van der Waals surface area contributed by atoms with Crippen LogP contribution < -0.4 is 15.3 Å². The Morgan fingerprint density at radius 1 is 0.242 bits per heavy atom. The quantitative estimate of drug-likeness (QED) is 0.0756. The second-order valence-corrected chi connectivity index (χ2v) is 34.8. The van der Waals surface area contributed by atoms with Gasteiger partial charge in [0.2, 0.25) is 0 Å². The number of rotatable bonds is 18. The fourth-order valence-corrected chi connectivity index (χ4v) is 22.4. The Kier molecular flexibility index (Phi) is 34.9.